The first-order chi connectivity index (χ1) is 7.40. The highest BCUT2D eigenvalue weighted by molar-refractivity contribution is 5.54. The summed E-state index contributed by atoms with van der Waals surface area (Å²) in [6.07, 6.45) is 0.913. The van der Waals surface area contributed by atoms with Crippen LogP contribution in [0.3, 0.4) is 0 Å². The molecule has 76 valence electrons. The Hall–Kier alpha value is -2.04. The summed E-state index contributed by atoms with van der Waals surface area (Å²) in [7, 11) is 0. The molecule has 1 aromatic heterocycles. The van der Waals surface area contributed by atoms with Crippen LogP contribution in [0.4, 0.5) is 0 Å². The topological polar surface area (TPSA) is 66.8 Å². The summed E-state index contributed by atoms with van der Waals surface area (Å²) < 4.78 is 0. The van der Waals surface area contributed by atoms with E-state index in [0.717, 1.165) is 18.5 Å². The number of nitrogens with one attached hydrogen (secondary N) is 1. The van der Waals surface area contributed by atoms with Crippen molar-refractivity contribution < 1.29 is 0 Å². The molecule has 0 atom stereocenters. The third kappa shape index (κ3) is 2.25. The van der Waals surface area contributed by atoms with Crippen molar-refractivity contribution in [3.63, 3.8) is 0 Å². The molecular weight excluding hydrogens is 190 g/mol. The minimum atomic E-state index is 0.614. The van der Waals surface area contributed by atoms with Gasteiger partial charge in [-0.2, -0.15) is 5.21 Å². The smallest absolute Gasteiger partial charge is 0.204 e. The molecule has 0 radical (unpaired) electrons. The van der Waals surface area contributed by atoms with E-state index in [1.54, 1.807) is 0 Å². The van der Waals surface area contributed by atoms with E-state index in [0.29, 0.717) is 5.82 Å². The predicted octanol–water partition coefficient (Wildman–Crippen LogP) is 1.11. The van der Waals surface area contributed by atoms with Gasteiger partial charge in [0, 0.05) is 12.1 Å². The van der Waals surface area contributed by atoms with Gasteiger partial charge in [0.15, 0.2) is 0 Å². The monoisotopic (exact) mass is 201 g/mol. The van der Waals surface area contributed by atoms with E-state index < -0.39 is 0 Å². The third-order valence-corrected chi connectivity index (χ3v) is 2.12. The number of tetrazole rings is 1. The van der Waals surface area contributed by atoms with Crippen LogP contribution in [0.1, 0.15) is 5.56 Å². The number of aromatic nitrogens is 4. The Morgan fingerprint density at radius 1 is 1.27 bits per heavy atom. The van der Waals surface area contributed by atoms with Gasteiger partial charge in [-0.15, -0.1) is 10.2 Å². The third-order valence-electron chi connectivity index (χ3n) is 2.12. The predicted molar refractivity (Wildman–Crippen MR) is 57.7 cm³/mol. The first-order valence-corrected chi connectivity index (χ1v) is 4.65. The van der Waals surface area contributed by atoms with Crippen molar-refractivity contribution in [1.29, 1.82) is 0 Å². The second-order valence-electron chi connectivity index (χ2n) is 3.13. The molecule has 1 aromatic carbocycles. The lowest BCUT2D eigenvalue weighted by molar-refractivity contribution is 0.881. The zero-order valence-corrected chi connectivity index (χ0v) is 8.22. The molecule has 1 N–H and O–H groups in total. The number of aliphatic imine (C=N–C) groups is 1. The van der Waals surface area contributed by atoms with E-state index in [1.165, 1.54) is 5.56 Å². The summed E-state index contributed by atoms with van der Waals surface area (Å²) >= 11 is 0. The Balaban J connectivity index is 2.14. The normalized spacial score (nSPS) is 10.1. The summed E-state index contributed by atoms with van der Waals surface area (Å²) in [4.78, 5) is 3.81. The van der Waals surface area contributed by atoms with Gasteiger partial charge in [-0.1, -0.05) is 24.3 Å². The number of nitrogens with zero attached hydrogens (tertiary/aromatic N) is 4. The molecule has 2 rings (SSSR count). The summed E-state index contributed by atoms with van der Waals surface area (Å²) in [6.45, 7) is 4.20. The Bertz CT molecular complexity index is 418. The molecule has 0 spiro atoms. The molecule has 0 amide bonds. The van der Waals surface area contributed by atoms with Gasteiger partial charge in [0.05, 0.1) is 0 Å². The second kappa shape index (κ2) is 4.45. The van der Waals surface area contributed by atoms with Crippen LogP contribution < -0.4 is 0 Å². The lowest BCUT2D eigenvalue weighted by Gasteiger charge is -1.99. The van der Waals surface area contributed by atoms with Crippen molar-refractivity contribution in [3.8, 4) is 11.4 Å². The van der Waals surface area contributed by atoms with E-state index in [1.807, 2.05) is 24.3 Å². The van der Waals surface area contributed by atoms with Crippen LogP contribution in [0.25, 0.3) is 11.4 Å². The van der Waals surface area contributed by atoms with Gasteiger partial charge in [-0.3, -0.25) is 0 Å². The molecule has 0 unspecified atom stereocenters. The van der Waals surface area contributed by atoms with Gasteiger partial charge in [-0.25, -0.2) is 0 Å². The van der Waals surface area contributed by atoms with E-state index in [2.05, 4.69) is 32.3 Å². The highest BCUT2D eigenvalue weighted by Gasteiger charge is 2.01. The number of rotatable bonds is 4. The Labute approximate surface area is 87.3 Å². The number of H-pyrrole nitrogens is 1. The Morgan fingerprint density at radius 2 is 2.07 bits per heavy atom. The van der Waals surface area contributed by atoms with Gasteiger partial charge in [0.1, 0.15) is 0 Å². The summed E-state index contributed by atoms with van der Waals surface area (Å²) in [5.41, 5.74) is 2.19. The molecular formula is C10H11N5. The van der Waals surface area contributed by atoms with E-state index in [-0.39, 0.29) is 0 Å². The summed E-state index contributed by atoms with van der Waals surface area (Å²) in [5.74, 6) is 0.614. The maximum absolute atomic E-state index is 3.90. The lowest BCUT2D eigenvalue weighted by Crippen LogP contribution is -1.89. The molecule has 0 bridgehead atoms. The van der Waals surface area contributed by atoms with Crippen molar-refractivity contribution in [3.05, 3.63) is 29.8 Å². The van der Waals surface area contributed by atoms with Crippen molar-refractivity contribution in [2.75, 3.05) is 6.54 Å². The first-order valence-electron chi connectivity index (χ1n) is 4.65. The van der Waals surface area contributed by atoms with E-state index >= 15 is 0 Å². The van der Waals surface area contributed by atoms with Gasteiger partial charge >= 0.3 is 0 Å². The molecule has 15 heavy (non-hydrogen) atoms. The van der Waals surface area contributed by atoms with Crippen molar-refractivity contribution in [1.82, 2.24) is 20.6 Å². The quantitative estimate of drug-likeness (QED) is 0.753. The molecule has 0 aliphatic carbocycles. The lowest BCUT2D eigenvalue weighted by atomic mass is 10.1. The van der Waals surface area contributed by atoms with Crippen LogP contribution in [0.2, 0.25) is 0 Å². The molecule has 2 aromatic rings. The average molecular weight is 201 g/mol. The second-order valence-corrected chi connectivity index (χ2v) is 3.13. The van der Waals surface area contributed by atoms with Crippen LogP contribution in [-0.4, -0.2) is 33.9 Å². The molecule has 0 aliphatic heterocycles. The van der Waals surface area contributed by atoms with Crippen LogP contribution >= 0.6 is 0 Å². The minimum Gasteiger partial charge on any atom is -0.301 e. The minimum absolute atomic E-state index is 0.614. The molecule has 5 nitrogen and oxygen atoms in total. The zero-order valence-electron chi connectivity index (χ0n) is 8.22. The average Bonchev–Trinajstić information content (AvgIpc) is 2.80. The summed E-state index contributed by atoms with van der Waals surface area (Å²) in [6, 6.07) is 8.03. The fraction of sp³-hybridized carbons (Fsp3) is 0.200. The van der Waals surface area contributed by atoms with Crippen LogP contribution in [0.15, 0.2) is 29.3 Å². The number of benzene rings is 1. The van der Waals surface area contributed by atoms with Crippen molar-refractivity contribution in [2.24, 2.45) is 4.99 Å². The van der Waals surface area contributed by atoms with Crippen molar-refractivity contribution in [2.45, 2.75) is 6.42 Å². The van der Waals surface area contributed by atoms with Gasteiger partial charge < -0.3 is 4.99 Å². The van der Waals surface area contributed by atoms with Crippen LogP contribution in [0.5, 0.6) is 0 Å². The maximum atomic E-state index is 3.90. The van der Waals surface area contributed by atoms with Crippen molar-refractivity contribution >= 4 is 6.72 Å². The maximum Gasteiger partial charge on any atom is 0.204 e. The SMILES string of the molecule is C=NCCc1ccc(-c2nn[nH]n2)cc1. The molecule has 5 heteroatoms. The molecule has 0 fully saturated rings. The fourth-order valence-electron chi connectivity index (χ4n) is 1.31. The molecule has 0 saturated carbocycles. The Morgan fingerprint density at radius 3 is 2.67 bits per heavy atom. The largest absolute Gasteiger partial charge is 0.301 e. The number of hydrogen-bond donors (Lipinski definition) is 1. The molecule has 0 saturated heterocycles. The summed E-state index contributed by atoms with van der Waals surface area (Å²) in [5, 5.41) is 13.7. The van der Waals surface area contributed by atoms with E-state index in [9.17, 15) is 0 Å². The van der Waals surface area contributed by atoms with Crippen LogP contribution in [0, 0.1) is 0 Å². The van der Waals surface area contributed by atoms with Crippen LogP contribution in [-0.2, 0) is 6.42 Å². The Kier molecular flexibility index (Phi) is 2.82. The van der Waals surface area contributed by atoms with Gasteiger partial charge in [-0.05, 0) is 23.9 Å². The highest BCUT2D eigenvalue weighted by atomic mass is 15.5. The van der Waals surface area contributed by atoms with E-state index in [4.69, 9.17) is 0 Å². The zero-order chi connectivity index (χ0) is 10.5. The highest BCUT2D eigenvalue weighted by Crippen LogP contribution is 2.14. The molecule has 1 heterocycles. The van der Waals surface area contributed by atoms with Gasteiger partial charge in [0.2, 0.25) is 5.82 Å². The number of aromatic amines is 1. The molecule has 0 aliphatic rings. The fourth-order valence-corrected chi connectivity index (χ4v) is 1.31. The standard InChI is InChI=1S/C10H11N5/c1-11-7-6-8-2-4-9(5-3-8)10-12-14-15-13-10/h2-5H,1,6-7H2,(H,12,13,14,15). The van der Waals surface area contributed by atoms with Gasteiger partial charge in [0.25, 0.3) is 0 Å². The first kappa shape index (κ1) is 9.51. The number of hydrogen-bond acceptors (Lipinski definition) is 4.